The average molecular weight is 475 g/mol. The fourth-order valence-electron chi connectivity index (χ4n) is 2.65. The van der Waals surface area contributed by atoms with E-state index < -0.39 is 0 Å². The van der Waals surface area contributed by atoms with Crippen LogP contribution in [0.5, 0.6) is 0 Å². The summed E-state index contributed by atoms with van der Waals surface area (Å²) in [6, 6.07) is 12.6. The van der Waals surface area contributed by atoms with Crippen LogP contribution in [0.2, 0.25) is 5.02 Å². The van der Waals surface area contributed by atoms with Crippen molar-refractivity contribution in [3.05, 3.63) is 63.1 Å². The number of quaternary nitrogens is 1. The van der Waals surface area contributed by atoms with Crippen molar-refractivity contribution in [2.75, 3.05) is 24.9 Å². The van der Waals surface area contributed by atoms with E-state index in [4.69, 9.17) is 27.9 Å². The van der Waals surface area contributed by atoms with Crippen LogP contribution in [0.3, 0.4) is 0 Å². The van der Waals surface area contributed by atoms with Gasteiger partial charge in [-0.05, 0) is 24.3 Å². The zero-order valence-electron chi connectivity index (χ0n) is 14.7. The van der Waals surface area contributed by atoms with E-state index in [1.165, 1.54) is 7.11 Å². The number of nitrogens with two attached hydrogens (primary N) is 1. The van der Waals surface area contributed by atoms with Crippen LogP contribution in [0.25, 0.3) is 0 Å². The van der Waals surface area contributed by atoms with E-state index in [0.717, 1.165) is 15.6 Å². The highest BCUT2D eigenvalue weighted by atomic mass is 79.9. The van der Waals surface area contributed by atoms with Crippen molar-refractivity contribution >= 4 is 56.7 Å². The minimum Gasteiger partial charge on any atom is -0.465 e. The molecule has 27 heavy (non-hydrogen) atoms. The van der Waals surface area contributed by atoms with Crippen molar-refractivity contribution in [3.63, 3.8) is 0 Å². The lowest BCUT2D eigenvalue weighted by molar-refractivity contribution is -0.677. The first kappa shape index (κ1) is 21.7. The summed E-state index contributed by atoms with van der Waals surface area (Å²) >= 11 is 15.6. The number of anilines is 1. The fraction of sp³-hybridized carbons (Fsp3) is 0.263. The number of ether oxygens (including phenoxy) is 1. The van der Waals surface area contributed by atoms with Crippen molar-refractivity contribution in [2.24, 2.45) is 0 Å². The topological polar surface area (TPSA) is 72.0 Å². The highest BCUT2D eigenvalue weighted by Crippen LogP contribution is 2.32. The van der Waals surface area contributed by atoms with Gasteiger partial charge in [0.05, 0.1) is 17.8 Å². The predicted octanol–water partition coefficient (Wildman–Crippen LogP) is 3.50. The number of carbonyl (C=O) groups is 2. The van der Waals surface area contributed by atoms with Gasteiger partial charge >= 0.3 is 5.97 Å². The molecule has 0 aliphatic rings. The second-order valence-electron chi connectivity index (χ2n) is 5.73. The minimum atomic E-state index is -0.352. The highest BCUT2D eigenvalue weighted by molar-refractivity contribution is 9.10. The van der Waals surface area contributed by atoms with E-state index in [-0.39, 0.29) is 36.8 Å². The molecule has 3 N–H and O–H groups in total. The molecule has 0 aromatic heterocycles. The Kier molecular flexibility index (Phi) is 8.57. The number of benzene rings is 2. The molecule has 2 aromatic rings. The first-order chi connectivity index (χ1) is 13.0. The number of esters is 1. The third-order valence-electron chi connectivity index (χ3n) is 3.93. The van der Waals surface area contributed by atoms with Gasteiger partial charge in [0.25, 0.3) is 0 Å². The van der Waals surface area contributed by atoms with Crippen molar-refractivity contribution in [1.29, 1.82) is 0 Å². The van der Waals surface area contributed by atoms with Gasteiger partial charge in [-0.1, -0.05) is 45.7 Å². The van der Waals surface area contributed by atoms with E-state index >= 15 is 0 Å². The number of amides is 1. The lowest BCUT2D eigenvalue weighted by atomic mass is 9.96. The first-order valence-electron chi connectivity index (χ1n) is 8.26. The SMILES string of the molecule is COC(=O)C[NH2+][C@@H](c1ccccc1Cl)c1cc(Br)ccc1NC(=O)CCCl. The molecule has 1 amide bonds. The van der Waals surface area contributed by atoms with Gasteiger partial charge in [-0.3, -0.25) is 4.79 Å². The third kappa shape index (κ3) is 6.21. The Hall–Kier alpha value is -1.60. The van der Waals surface area contributed by atoms with Crippen molar-refractivity contribution < 1.29 is 19.6 Å². The Morgan fingerprint density at radius 1 is 1.22 bits per heavy atom. The van der Waals surface area contributed by atoms with Crippen LogP contribution in [-0.4, -0.2) is 31.4 Å². The monoisotopic (exact) mass is 473 g/mol. The molecule has 0 spiro atoms. The zero-order chi connectivity index (χ0) is 19.8. The Balaban J connectivity index is 2.47. The molecule has 0 aliphatic carbocycles. The van der Waals surface area contributed by atoms with Crippen LogP contribution in [0, 0.1) is 0 Å². The van der Waals surface area contributed by atoms with Crippen LogP contribution in [-0.2, 0) is 14.3 Å². The molecule has 144 valence electrons. The summed E-state index contributed by atoms with van der Waals surface area (Å²) in [5, 5.41) is 5.28. The number of rotatable bonds is 8. The van der Waals surface area contributed by atoms with E-state index in [0.29, 0.717) is 10.7 Å². The molecule has 2 rings (SSSR count). The van der Waals surface area contributed by atoms with Crippen LogP contribution < -0.4 is 10.6 Å². The number of hydrogen-bond donors (Lipinski definition) is 2. The van der Waals surface area contributed by atoms with Crippen molar-refractivity contribution in [2.45, 2.75) is 12.5 Å². The number of nitrogens with one attached hydrogen (secondary N) is 1. The quantitative estimate of drug-likeness (QED) is 0.454. The maximum Gasteiger partial charge on any atom is 0.361 e. The summed E-state index contributed by atoms with van der Waals surface area (Å²) in [4.78, 5) is 23.8. The van der Waals surface area contributed by atoms with Crippen LogP contribution >= 0.6 is 39.1 Å². The highest BCUT2D eigenvalue weighted by Gasteiger charge is 2.25. The molecule has 2 aromatic carbocycles. The minimum absolute atomic E-state index is 0.105. The Bertz CT molecular complexity index is 817. The molecule has 0 unspecified atom stereocenters. The molecule has 8 heteroatoms. The molecule has 0 bridgehead atoms. The maximum atomic E-state index is 12.1. The van der Waals surface area contributed by atoms with E-state index in [1.54, 1.807) is 12.1 Å². The zero-order valence-corrected chi connectivity index (χ0v) is 17.8. The standard InChI is InChI=1S/C19H19BrCl2N2O3/c1-27-18(26)11-23-19(13-4-2-3-5-15(13)22)14-10-12(20)6-7-16(14)24-17(25)8-9-21/h2-7,10,19,23H,8-9,11H2,1H3,(H,24,25)/p+1/t19-/m0/s1. The van der Waals surface area contributed by atoms with E-state index in [1.807, 2.05) is 35.6 Å². The number of halogens is 3. The largest absolute Gasteiger partial charge is 0.465 e. The summed E-state index contributed by atoms with van der Waals surface area (Å²) in [5.41, 5.74) is 2.28. The molecule has 0 saturated heterocycles. The van der Waals surface area contributed by atoms with Crippen molar-refractivity contribution in [1.82, 2.24) is 0 Å². The maximum absolute atomic E-state index is 12.1. The predicted molar refractivity (Wildman–Crippen MR) is 110 cm³/mol. The fourth-order valence-corrected chi connectivity index (χ4v) is 3.45. The number of hydrogen-bond acceptors (Lipinski definition) is 3. The molecule has 0 aliphatic heterocycles. The molecule has 0 fully saturated rings. The molecular formula is C19H20BrCl2N2O3+. The number of methoxy groups -OCH3 is 1. The van der Waals surface area contributed by atoms with Gasteiger partial charge < -0.3 is 15.4 Å². The molecular weight excluding hydrogens is 455 g/mol. The molecule has 0 radical (unpaired) electrons. The lowest BCUT2D eigenvalue weighted by Crippen LogP contribution is -2.87. The first-order valence-corrected chi connectivity index (χ1v) is 9.96. The number of alkyl halides is 1. The van der Waals surface area contributed by atoms with Gasteiger partial charge in [-0.25, -0.2) is 4.79 Å². The smallest absolute Gasteiger partial charge is 0.361 e. The van der Waals surface area contributed by atoms with E-state index in [9.17, 15) is 9.59 Å². The van der Waals surface area contributed by atoms with E-state index in [2.05, 4.69) is 21.2 Å². The van der Waals surface area contributed by atoms with Gasteiger partial charge in [0.1, 0.15) is 6.04 Å². The second kappa shape index (κ2) is 10.7. The summed E-state index contributed by atoms with van der Waals surface area (Å²) in [6.07, 6.45) is 0.208. The Morgan fingerprint density at radius 3 is 2.63 bits per heavy atom. The lowest BCUT2D eigenvalue weighted by Gasteiger charge is -2.21. The Labute approximate surface area is 176 Å². The summed E-state index contributed by atoms with van der Waals surface area (Å²) in [6.45, 7) is 0.105. The van der Waals surface area contributed by atoms with Crippen molar-refractivity contribution in [3.8, 4) is 0 Å². The Morgan fingerprint density at radius 2 is 1.96 bits per heavy atom. The van der Waals surface area contributed by atoms with Crippen LogP contribution in [0.1, 0.15) is 23.6 Å². The third-order valence-corrected chi connectivity index (χ3v) is 4.96. The summed E-state index contributed by atoms with van der Waals surface area (Å²) < 4.78 is 5.60. The average Bonchev–Trinajstić information content (AvgIpc) is 2.65. The molecule has 5 nitrogen and oxygen atoms in total. The molecule has 0 heterocycles. The van der Waals surface area contributed by atoms with Gasteiger partial charge in [-0.15, -0.1) is 11.6 Å². The number of carbonyl (C=O) groups excluding carboxylic acids is 2. The molecule has 0 saturated carbocycles. The molecule has 1 atom stereocenters. The van der Waals surface area contributed by atoms with Gasteiger partial charge in [0.15, 0.2) is 6.54 Å². The van der Waals surface area contributed by atoms with Gasteiger partial charge in [-0.2, -0.15) is 0 Å². The summed E-state index contributed by atoms with van der Waals surface area (Å²) in [7, 11) is 1.34. The van der Waals surface area contributed by atoms with Gasteiger partial charge in [0.2, 0.25) is 5.91 Å². The normalized spacial score (nSPS) is 11.7. The van der Waals surface area contributed by atoms with Crippen LogP contribution in [0.4, 0.5) is 5.69 Å². The summed E-state index contributed by atoms with van der Waals surface area (Å²) in [5.74, 6) is -0.297. The van der Waals surface area contributed by atoms with Gasteiger partial charge in [0, 0.05) is 27.9 Å². The second-order valence-corrected chi connectivity index (χ2v) is 7.43. The van der Waals surface area contributed by atoms with Crippen LogP contribution in [0.15, 0.2) is 46.9 Å².